The van der Waals surface area contributed by atoms with Crippen LogP contribution in [0.1, 0.15) is 19.3 Å². The van der Waals surface area contributed by atoms with Crippen LogP contribution in [0.3, 0.4) is 0 Å². The van der Waals surface area contributed by atoms with Crippen LogP contribution < -0.4 is 0 Å². The lowest BCUT2D eigenvalue weighted by Crippen LogP contribution is -2.33. The molecule has 1 atom stereocenters. The average molecular weight is 178 g/mol. The minimum atomic E-state index is -1.37. The van der Waals surface area contributed by atoms with Crippen molar-refractivity contribution in [2.75, 3.05) is 6.61 Å². The molecule has 0 spiro atoms. The van der Waals surface area contributed by atoms with Gasteiger partial charge in [0.1, 0.15) is 6.10 Å². The zero-order valence-corrected chi connectivity index (χ0v) is 6.69. The molecular formula is C7H14O5. The number of aliphatic hydroxyl groups is 2. The predicted octanol–water partition coefficient (Wildman–Crippen LogP) is -1.39. The summed E-state index contributed by atoms with van der Waals surface area (Å²) < 4.78 is 4.79. The number of ether oxygens (including phenoxy) is 1. The van der Waals surface area contributed by atoms with E-state index in [1.807, 2.05) is 0 Å². The van der Waals surface area contributed by atoms with E-state index < -0.39 is 18.7 Å². The van der Waals surface area contributed by atoms with Crippen LogP contribution >= 0.6 is 0 Å². The van der Waals surface area contributed by atoms with E-state index in [1.165, 1.54) is 0 Å². The average Bonchev–Trinajstić information content (AvgIpc) is 1.94. The van der Waals surface area contributed by atoms with Crippen LogP contribution in [-0.2, 0) is 9.53 Å². The van der Waals surface area contributed by atoms with Gasteiger partial charge in [-0.05, 0) is 19.3 Å². The van der Waals surface area contributed by atoms with Gasteiger partial charge in [0.15, 0.2) is 6.10 Å². The first-order chi connectivity index (χ1) is 5.24. The maximum absolute atomic E-state index is 10.7. The van der Waals surface area contributed by atoms with E-state index in [-0.39, 0.29) is 11.6 Å². The highest BCUT2D eigenvalue weighted by Gasteiger charge is 2.24. The van der Waals surface area contributed by atoms with E-state index in [1.54, 1.807) is 0 Å². The molecule has 12 heavy (non-hydrogen) atoms. The summed E-state index contributed by atoms with van der Waals surface area (Å²) in [5.74, 6) is -0.711. The fourth-order valence-corrected chi connectivity index (χ4v) is 0.806. The number of carbonyl (C=O) groups is 1. The first-order valence-corrected chi connectivity index (χ1v) is 3.73. The Morgan fingerprint density at radius 3 is 2.50 bits per heavy atom. The first-order valence-electron chi connectivity index (χ1n) is 3.73. The van der Waals surface area contributed by atoms with Crippen molar-refractivity contribution in [2.45, 2.75) is 31.5 Å². The van der Waals surface area contributed by atoms with Gasteiger partial charge in [-0.15, -0.1) is 0 Å². The zero-order valence-electron chi connectivity index (χ0n) is 6.69. The molecule has 0 radical (unpaired) electrons. The van der Waals surface area contributed by atoms with Gasteiger partial charge in [-0.1, -0.05) is 0 Å². The van der Waals surface area contributed by atoms with Gasteiger partial charge in [-0.3, -0.25) is 0 Å². The van der Waals surface area contributed by atoms with Crippen LogP contribution in [0.5, 0.6) is 0 Å². The summed E-state index contributed by atoms with van der Waals surface area (Å²) in [4.78, 5) is 10.7. The van der Waals surface area contributed by atoms with Crippen molar-refractivity contribution < 1.29 is 25.2 Å². The van der Waals surface area contributed by atoms with Gasteiger partial charge >= 0.3 is 5.97 Å². The molecule has 5 heteroatoms. The van der Waals surface area contributed by atoms with E-state index in [9.17, 15) is 4.79 Å². The van der Waals surface area contributed by atoms with E-state index in [2.05, 4.69) is 0 Å². The van der Waals surface area contributed by atoms with Crippen molar-refractivity contribution in [1.82, 2.24) is 0 Å². The van der Waals surface area contributed by atoms with Crippen molar-refractivity contribution in [2.24, 2.45) is 0 Å². The number of carbonyl (C=O) groups excluding carboxylic acids is 1. The Hall–Kier alpha value is -0.650. The Bertz CT molecular complexity index is 143. The molecule has 1 aliphatic carbocycles. The lowest BCUT2D eigenvalue weighted by atomic mass is 9.96. The highest BCUT2D eigenvalue weighted by Crippen LogP contribution is 2.22. The molecule has 0 amide bonds. The van der Waals surface area contributed by atoms with Crippen LogP contribution in [0.2, 0.25) is 0 Å². The molecule has 72 valence electrons. The molecule has 0 aromatic rings. The quantitative estimate of drug-likeness (QED) is 0.520. The van der Waals surface area contributed by atoms with Gasteiger partial charge in [0.25, 0.3) is 0 Å². The molecule has 0 aromatic carbocycles. The Labute approximate surface area is 70.3 Å². The highest BCUT2D eigenvalue weighted by molar-refractivity contribution is 5.74. The standard InChI is InChI=1S/C7H12O4.H2O/c8-4-6(9)7(10)11-5-2-1-3-5;/h5-6,8-9H,1-4H2;1H2. The van der Waals surface area contributed by atoms with Gasteiger partial charge in [0, 0.05) is 0 Å². The second kappa shape index (κ2) is 5.08. The largest absolute Gasteiger partial charge is 0.460 e. The summed E-state index contributed by atoms with van der Waals surface area (Å²) in [5.41, 5.74) is 0. The van der Waals surface area contributed by atoms with E-state index in [4.69, 9.17) is 14.9 Å². The summed E-state index contributed by atoms with van der Waals surface area (Å²) in [7, 11) is 0. The SMILES string of the molecule is O.O=C(OC1CCC1)C(O)CO. The van der Waals surface area contributed by atoms with Gasteiger partial charge in [0.2, 0.25) is 0 Å². The third kappa shape index (κ3) is 2.77. The van der Waals surface area contributed by atoms with Crippen molar-refractivity contribution in [3.05, 3.63) is 0 Å². The molecule has 1 fully saturated rings. The second-order valence-electron chi connectivity index (χ2n) is 2.69. The predicted molar refractivity (Wildman–Crippen MR) is 40.4 cm³/mol. The van der Waals surface area contributed by atoms with Crippen LogP contribution in [0.4, 0.5) is 0 Å². The summed E-state index contributed by atoms with van der Waals surface area (Å²) >= 11 is 0. The topological polar surface area (TPSA) is 98.3 Å². The summed E-state index contributed by atoms with van der Waals surface area (Å²) in [6.45, 7) is -0.564. The van der Waals surface area contributed by atoms with Gasteiger partial charge in [-0.2, -0.15) is 0 Å². The van der Waals surface area contributed by atoms with Crippen molar-refractivity contribution in [1.29, 1.82) is 0 Å². The van der Waals surface area contributed by atoms with E-state index in [0.717, 1.165) is 19.3 Å². The first kappa shape index (κ1) is 11.4. The van der Waals surface area contributed by atoms with E-state index in [0.29, 0.717) is 0 Å². The minimum Gasteiger partial charge on any atom is -0.460 e. The van der Waals surface area contributed by atoms with Crippen molar-refractivity contribution in [3.8, 4) is 0 Å². The number of rotatable bonds is 3. The zero-order chi connectivity index (χ0) is 8.27. The maximum atomic E-state index is 10.7. The number of hydrogen-bond donors (Lipinski definition) is 2. The Kier molecular flexibility index (Phi) is 4.80. The van der Waals surface area contributed by atoms with E-state index >= 15 is 0 Å². The molecule has 1 rings (SSSR count). The summed E-state index contributed by atoms with van der Waals surface area (Å²) in [6, 6.07) is 0. The number of aliphatic hydroxyl groups excluding tert-OH is 2. The lowest BCUT2D eigenvalue weighted by Gasteiger charge is -2.25. The van der Waals surface area contributed by atoms with Crippen molar-refractivity contribution >= 4 is 5.97 Å². The second-order valence-corrected chi connectivity index (χ2v) is 2.69. The van der Waals surface area contributed by atoms with Crippen LogP contribution in [0.15, 0.2) is 0 Å². The molecule has 4 N–H and O–H groups in total. The maximum Gasteiger partial charge on any atom is 0.337 e. The number of esters is 1. The molecule has 1 aliphatic rings. The Morgan fingerprint density at radius 1 is 1.58 bits per heavy atom. The molecule has 0 saturated heterocycles. The smallest absolute Gasteiger partial charge is 0.337 e. The molecule has 1 unspecified atom stereocenters. The van der Waals surface area contributed by atoms with Crippen LogP contribution in [0.25, 0.3) is 0 Å². The summed E-state index contributed by atoms with van der Waals surface area (Å²) in [5, 5.41) is 17.1. The summed E-state index contributed by atoms with van der Waals surface area (Å²) in [6.07, 6.45) is 1.44. The molecule has 0 bridgehead atoms. The third-order valence-electron chi connectivity index (χ3n) is 1.78. The normalized spacial score (nSPS) is 18.8. The molecule has 0 aliphatic heterocycles. The third-order valence-corrected chi connectivity index (χ3v) is 1.78. The van der Waals surface area contributed by atoms with Crippen LogP contribution in [0, 0.1) is 0 Å². The highest BCUT2D eigenvalue weighted by atomic mass is 16.6. The van der Waals surface area contributed by atoms with Gasteiger partial charge in [0.05, 0.1) is 6.61 Å². The molecule has 5 nitrogen and oxygen atoms in total. The minimum absolute atomic E-state index is 0. The van der Waals surface area contributed by atoms with Crippen LogP contribution in [-0.4, -0.2) is 40.5 Å². The molecule has 0 aromatic heterocycles. The lowest BCUT2D eigenvalue weighted by molar-refractivity contribution is -0.164. The molecule has 0 heterocycles. The van der Waals surface area contributed by atoms with Gasteiger partial charge in [-0.25, -0.2) is 4.79 Å². The molecule has 1 saturated carbocycles. The fourth-order valence-electron chi connectivity index (χ4n) is 0.806. The Balaban J connectivity index is 0.00000121. The number of hydrogen-bond acceptors (Lipinski definition) is 4. The van der Waals surface area contributed by atoms with Crippen molar-refractivity contribution in [3.63, 3.8) is 0 Å². The monoisotopic (exact) mass is 178 g/mol. The Morgan fingerprint density at radius 2 is 2.17 bits per heavy atom. The van der Waals surface area contributed by atoms with Gasteiger partial charge < -0.3 is 20.4 Å². The molecular weight excluding hydrogens is 164 g/mol. The fraction of sp³-hybridized carbons (Fsp3) is 0.857.